The maximum absolute atomic E-state index is 11.3. The zero-order chi connectivity index (χ0) is 20.8. The summed E-state index contributed by atoms with van der Waals surface area (Å²) in [7, 11) is 0. The molecule has 1 fully saturated rings. The van der Waals surface area contributed by atoms with Crippen LogP contribution in [0.4, 0.5) is 0 Å². The lowest BCUT2D eigenvalue weighted by atomic mass is 10.0. The van der Waals surface area contributed by atoms with Crippen molar-refractivity contribution in [1.29, 1.82) is 0 Å². The molecular weight excluding hydrogens is 372 g/mol. The normalized spacial score (nSPS) is 13.5. The van der Waals surface area contributed by atoms with E-state index < -0.39 is 0 Å². The van der Waals surface area contributed by atoms with Crippen LogP contribution in [0.25, 0.3) is 22.5 Å². The monoisotopic (exact) mass is 402 g/mol. The van der Waals surface area contributed by atoms with Crippen molar-refractivity contribution in [2.75, 3.05) is 0 Å². The molecule has 0 atom stereocenters. The minimum atomic E-state index is 0.366. The number of hydrogen-bond donors (Lipinski definition) is 0. The van der Waals surface area contributed by atoms with Gasteiger partial charge in [0.1, 0.15) is 5.78 Å². The molecule has 1 aliphatic rings. The number of unbranched alkanes of at least 4 members (excludes halogenated alkanes) is 3. The van der Waals surface area contributed by atoms with E-state index in [9.17, 15) is 4.79 Å². The van der Waals surface area contributed by atoms with Gasteiger partial charge < -0.3 is 4.42 Å². The molecule has 0 bridgehead atoms. The maximum Gasteiger partial charge on any atom is 0.194 e. The molecule has 2 aromatic heterocycles. The van der Waals surface area contributed by atoms with E-state index in [0.717, 1.165) is 66.9 Å². The molecule has 30 heavy (non-hydrogen) atoms. The molecule has 0 N–H and O–H groups in total. The van der Waals surface area contributed by atoms with Gasteiger partial charge in [-0.1, -0.05) is 50.1 Å². The van der Waals surface area contributed by atoms with Gasteiger partial charge >= 0.3 is 0 Å². The van der Waals surface area contributed by atoms with E-state index >= 15 is 0 Å². The van der Waals surface area contributed by atoms with Gasteiger partial charge in [0.2, 0.25) is 0 Å². The summed E-state index contributed by atoms with van der Waals surface area (Å²) >= 11 is 0. The summed E-state index contributed by atoms with van der Waals surface area (Å²) in [6.45, 7) is 1.93. The number of carbonyl (C=O) groups is 1. The molecule has 2 heterocycles. The molecule has 0 aliphatic heterocycles. The lowest BCUT2D eigenvalue weighted by Gasteiger charge is -2.04. The van der Waals surface area contributed by atoms with Gasteiger partial charge in [0, 0.05) is 48.2 Å². The summed E-state index contributed by atoms with van der Waals surface area (Å²) in [6.07, 6.45) is 12.8. The van der Waals surface area contributed by atoms with Gasteiger partial charge in [0.25, 0.3) is 0 Å². The molecule has 4 heteroatoms. The minimum absolute atomic E-state index is 0.366. The summed E-state index contributed by atoms with van der Waals surface area (Å²) in [5.41, 5.74) is 4.57. The van der Waals surface area contributed by atoms with Crippen LogP contribution in [0.5, 0.6) is 0 Å². The Morgan fingerprint density at radius 1 is 0.900 bits per heavy atom. The third-order valence-corrected chi connectivity index (χ3v) is 5.83. The second-order valence-electron chi connectivity index (χ2n) is 8.25. The van der Waals surface area contributed by atoms with E-state index in [-0.39, 0.29) is 0 Å². The predicted molar refractivity (Wildman–Crippen MR) is 119 cm³/mol. The molecule has 1 aliphatic carbocycles. The highest BCUT2D eigenvalue weighted by molar-refractivity contribution is 5.77. The highest BCUT2D eigenvalue weighted by Crippen LogP contribution is 2.39. The number of pyridine rings is 1. The van der Waals surface area contributed by atoms with E-state index in [1.807, 2.05) is 19.3 Å². The summed E-state index contributed by atoms with van der Waals surface area (Å²) in [4.78, 5) is 20.4. The Balaban J connectivity index is 1.27. The Hall–Kier alpha value is -2.75. The van der Waals surface area contributed by atoms with Crippen LogP contribution in [-0.4, -0.2) is 15.8 Å². The second-order valence-corrected chi connectivity index (χ2v) is 8.25. The zero-order valence-corrected chi connectivity index (χ0v) is 17.8. The van der Waals surface area contributed by atoms with Gasteiger partial charge in [-0.05, 0) is 37.3 Å². The molecule has 0 amide bonds. The average molecular weight is 403 g/mol. The third-order valence-electron chi connectivity index (χ3n) is 5.83. The molecular formula is C26H30N2O2. The first-order valence-electron chi connectivity index (χ1n) is 11.3. The fourth-order valence-electron chi connectivity index (χ4n) is 3.71. The molecule has 0 spiro atoms. The van der Waals surface area contributed by atoms with Crippen molar-refractivity contribution < 1.29 is 9.21 Å². The van der Waals surface area contributed by atoms with Crippen molar-refractivity contribution in [1.82, 2.24) is 9.97 Å². The average Bonchev–Trinajstić information content (AvgIpc) is 3.54. The Kier molecular flexibility index (Phi) is 6.73. The number of benzene rings is 1. The number of rotatable bonds is 11. The Morgan fingerprint density at radius 3 is 2.33 bits per heavy atom. The molecule has 0 saturated heterocycles. The summed E-state index contributed by atoms with van der Waals surface area (Å²) < 4.78 is 5.95. The van der Waals surface area contributed by atoms with E-state index in [4.69, 9.17) is 4.42 Å². The van der Waals surface area contributed by atoms with Crippen LogP contribution in [0.3, 0.4) is 0 Å². The summed E-state index contributed by atoms with van der Waals surface area (Å²) in [5.74, 6) is 2.66. The number of nitrogens with zero attached hydrogens (tertiary/aromatic N) is 2. The van der Waals surface area contributed by atoms with Crippen LogP contribution < -0.4 is 0 Å². The topological polar surface area (TPSA) is 56.0 Å². The van der Waals surface area contributed by atoms with Crippen molar-refractivity contribution in [3.63, 3.8) is 0 Å². The maximum atomic E-state index is 11.3. The first-order chi connectivity index (χ1) is 14.7. The lowest BCUT2D eigenvalue weighted by Crippen LogP contribution is -1.94. The molecule has 3 aromatic rings. The van der Waals surface area contributed by atoms with Crippen LogP contribution in [0.1, 0.15) is 75.8 Å². The van der Waals surface area contributed by atoms with Crippen LogP contribution in [0.2, 0.25) is 0 Å². The number of Topliss-reactive ketones (excluding diaryl/α,β-unsaturated/α-hetero) is 1. The van der Waals surface area contributed by atoms with E-state index in [1.54, 1.807) is 0 Å². The van der Waals surface area contributed by atoms with Crippen molar-refractivity contribution in [2.45, 2.75) is 70.6 Å². The largest absolute Gasteiger partial charge is 0.441 e. The number of aryl methyl sites for hydroxylation is 1. The zero-order valence-electron chi connectivity index (χ0n) is 17.8. The van der Waals surface area contributed by atoms with Gasteiger partial charge in [-0.2, -0.15) is 0 Å². The quantitative estimate of drug-likeness (QED) is 0.333. The second kappa shape index (κ2) is 9.84. The number of hydrogen-bond acceptors (Lipinski definition) is 4. The SMILES string of the molecule is CCC(=O)CCCCCCc1ncc(-c2ccc(-c3ccc(C4CC4)nc3)cc2)o1. The molecule has 1 saturated carbocycles. The lowest BCUT2D eigenvalue weighted by molar-refractivity contribution is -0.118. The molecule has 1 aromatic carbocycles. The van der Waals surface area contributed by atoms with Gasteiger partial charge in [0.15, 0.2) is 11.7 Å². The smallest absolute Gasteiger partial charge is 0.194 e. The first kappa shape index (κ1) is 20.5. The third kappa shape index (κ3) is 5.44. The Morgan fingerprint density at radius 2 is 1.63 bits per heavy atom. The first-order valence-corrected chi connectivity index (χ1v) is 11.3. The van der Waals surface area contributed by atoms with Gasteiger partial charge in [-0.25, -0.2) is 4.98 Å². The fourth-order valence-corrected chi connectivity index (χ4v) is 3.71. The number of aromatic nitrogens is 2. The van der Waals surface area contributed by atoms with Crippen LogP contribution in [-0.2, 0) is 11.2 Å². The summed E-state index contributed by atoms with van der Waals surface area (Å²) in [6, 6.07) is 12.7. The van der Waals surface area contributed by atoms with Crippen LogP contribution in [0.15, 0.2) is 53.2 Å². The van der Waals surface area contributed by atoms with Crippen LogP contribution >= 0.6 is 0 Å². The van der Waals surface area contributed by atoms with Crippen molar-refractivity contribution in [3.8, 4) is 22.5 Å². The van der Waals surface area contributed by atoms with Crippen molar-refractivity contribution in [2.24, 2.45) is 0 Å². The highest BCUT2D eigenvalue weighted by atomic mass is 16.4. The fraction of sp³-hybridized carbons (Fsp3) is 0.423. The Bertz CT molecular complexity index is 953. The standard InChI is InChI=1S/C26H30N2O2/c1-2-23(29)7-5-3-4-6-8-26-28-18-25(30-26)21-13-9-19(10-14-21)22-15-16-24(27-17-22)20-11-12-20/h9-10,13-18,20H,2-8,11-12H2,1H3. The van der Waals surface area contributed by atoms with Gasteiger partial charge in [0.05, 0.1) is 6.20 Å². The molecule has 0 unspecified atom stereocenters. The van der Waals surface area contributed by atoms with E-state index in [0.29, 0.717) is 18.1 Å². The number of oxazole rings is 1. The number of ketones is 1. The summed E-state index contributed by atoms with van der Waals surface area (Å²) in [5, 5.41) is 0. The molecule has 4 nitrogen and oxygen atoms in total. The van der Waals surface area contributed by atoms with E-state index in [2.05, 4.69) is 46.4 Å². The Labute approximate surface area is 178 Å². The molecule has 4 rings (SSSR count). The minimum Gasteiger partial charge on any atom is -0.441 e. The van der Waals surface area contributed by atoms with Crippen molar-refractivity contribution >= 4 is 5.78 Å². The number of carbonyl (C=O) groups excluding carboxylic acids is 1. The van der Waals surface area contributed by atoms with Gasteiger partial charge in [-0.15, -0.1) is 0 Å². The van der Waals surface area contributed by atoms with Crippen LogP contribution in [0, 0.1) is 0 Å². The van der Waals surface area contributed by atoms with Crippen molar-refractivity contribution in [3.05, 3.63) is 60.4 Å². The predicted octanol–water partition coefficient (Wildman–Crippen LogP) is 6.75. The van der Waals surface area contributed by atoms with E-state index in [1.165, 1.54) is 18.5 Å². The van der Waals surface area contributed by atoms with Gasteiger partial charge in [-0.3, -0.25) is 9.78 Å². The highest BCUT2D eigenvalue weighted by Gasteiger charge is 2.24. The molecule has 0 radical (unpaired) electrons. The molecule has 156 valence electrons.